The molecule has 0 aliphatic heterocycles. The van der Waals surface area contributed by atoms with Crippen LogP contribution in [-0.4, -0.2) is 25.7 Å². The molecule has 0 saturated carbocycles. The molecular weight excluding hydrogens is 285 g/mol. The van der Waals surface area contributed by atoms with Gasteiger partial charge in [-0.3, -0.25) is 9.36 Å². The van der Waals surface area contributed by atoms with Crippen molar-refractivity contribution in [2.45, 2.75) is 6.42 Å². The fraction of sp³-hybridized carbons (Fsp3) is 0.0667. The van der Waals surface area contributed by atoms with Gasteiger partial charge in [0.25, 0.3) is 0 Å². The highest BCUT2D eigenvalue weighted by atomic mass is 19.1. The van der Waals surface area contributed by atoms with Gasteiger partial charge in [-0.25, -0.2) is 9.37 Å². The summed E-state index contributed by atoms with van der Waals surface area (Å²) in [5.74, 6) is 0.143. The maximum Gasteiger partial charge on any atom is 0.228 e. The Morgan fingerprint density at radius 1 is 1.09 bits per heavy atom. The van der Waals surface area contributed by atoms with Crippen LogP contribution >= 0.6 is 0 Å². The molecule has 0 unspecified atom stereocenters. The van der Waals surface area contributed by atoms with E-state index < -0.39 is 0 Å². The number of carbonyl (C=O) groups is 1. The molecule has 0 bridgehead atoms. The Morgan fingerprint density at radius 2 is 1.82 bits per heavy atom. The molecule has 2 aromatic heterocycles. The van der Waals surface area contributed by atoms with Crippen LogP contribution in [0.15, 0.2) is 55.2 Å². The van der Waals surface area contributed by atoms with E-state index in [1.807, 2.05) is 0 Å². The van der Waals surface area contributed by atoms with Gasteiger partial charge in [-0.15, -0.1) is 10.2 Å². The van der Waals surface area contributed by atoms with E-state index >= 15 is 0 Å². The van der Waals surface area contributed by atoms with E-state index in [1.165, 1.54) is 24.8 Å². The number of nitrogens with zero attached hydrogens (tertiary/aromatic N) is 4. The second kappa shape index (κ2) is 6.13. The largest absolute Gasteiger partial charge is 0.324 e. The lowest BCUT2D eigenvalue weighted by Gasteiger charge is -2.06. The molecule has 2 heterocycles. The predicted molar refractivity (Wildman–Crippen MR) is 77.9 cm³/mol. The SMILES string of the molecule is O=C(Cc1ccc(F)cc1)Nc1ccc(-n2cnnc2)nc1. The smallest absolute Gasteiger partial charge is 0.228 e. The number of carbonyl (C=O) groups excluding carboxylic acids is 1. The van der Waals surface area contributed by atoms with Crippen molar-refractivity contribution in [1.29, 1.82) is 0 Å². The first-order valence-corrected chi connectivity index (χ1v) is 6.56. The van der Waals surface area contributed by atoms with Crippen molar-refractivity contribution in [3.63, 3.8) is 0 Å². The van der Waals surface area contributed by atoms with Gasteiger partial charge < -0.3 is 5.32 Å². The number of amides is 1. The molecule has 1 aromatic carbocycles. The minimum absolute atomic E-state index is 0.174. The highest BCUT2D eigenvalue weighted by molar-refractivity contribution is 5.92. The second-order valence-electron chi connectivity index (χ2n) is 4.63. The lowest BCUT2D eigenvalue weighted by molar-refractivity contribution is -0.115. The summed E-state index contributed by atoms with van der Waals surface area (Å²) in [6.45, 7) is 0. The van der Waals surface area contributed by atoms with E-state index in [0.717, 1.165) is 5.56 Å². The van der Waals surface area contributed by atoms with Crippen molar-refractivity contribution in [3.8, 4) is 5.82 Å². The summed E-state index contributed by atoms with van der Waals surface area (Å²) in [5.41, 5.74) is 1.33. The zero-order valence-corrected chi connectivity index (χ0v) is 11.5. The number of anilines is 1. The quantitative estimate of drug-likeness (QED) is 0.799. The predicted octanol–water partition coefficient (Wildman–Crippen LogP) is 1.98. The minimum Gasteiger partial charge on any atom is -0.324 e. The van der Waals surface area contributed by atoms with Gasteiger partial charge in [0.2, 0.25) is 5.91 Å². The first kappa shape index (κ1) is 13.9. The van der Waals surface area contributed by atoms with E-state index in [9.17, 15) is 9.18 Å². The standard InChI is InChI=1S/C15H12FN5O/c16-12-3-1-11(2-4-12)7-15(22)20-13-5-6-14(17-8-13)21-9-18-19-10-21/h1-6,8-10H,7H2,(H,20,22). The van der Waals surface area contributed by atoms with Gasteiger partial charge in [-0.05, 0) is 29.8 Å². The highest BCUT2D eigenvalue weighted by Crippen LogP contribution is 2.10. The molecule has 1 amide bonds. The Balaban J connectivity index is 1.63. The summed E-state index contributed by atoms with van der Waals surface area (Å²) in [6.07, 6.45) is 4.80. The van der Waals surface area contributed by atoms with Gasteiger partial charge in [-0.1, -0.05) is 12.1 Å². The molecule has 1 N–H and O–H groups in total. The van der Waals surface area contributed by atoms with Crippen LogP contribution in [0, 0.1) is 5.82 Å². The molecule has 110 valence electrons. The number of halogens is 1. The summed E-state index contributed by atoms with van der Waals surface area (Å²) in [4.78, 5) is 16.1. The number of benzene rings is 1. The Bertz CT molecular complexity index is 754. The fourth-order valence-corrected chi connectivity index (χ4v) is 1.92. The van der Waals surface area contributed by atoms with E-state index in [-0.39, 0.29) is 18.1 Å². The average molecular weight is 297 g/mol. The van der Waals surface area contributed by atoms with Crippen LogP contribution in [0.5, 0.6) is 0 Å². The molecular formula is C15H12FN5O. The lowest BCUT2D eigenvalue weighted by Crippen LogP contribution is -2.14. The van der Waals surface area contributed by atoms with Gasteiger partial charge in [-0.2, -0.15) is 0 Å². The van der Waals surface area contributed by atoms with Crippen LogP contribution in [0.25, 0.3) is 5.82 Å². The third kappa shape index (κ3) is 3.32. The van der Waals surface area contributed by atoms with Crippen LogP contribution in [-0.2, 0) is 11.2 Å². The molecule has 6 nitrogen and oxygen atoms in total. The number of pyridine rings is 1. The molecule has 0 aliphatic carbocycles. The molecule has 3 rings (SSSR count). The zero-order valence-electron chi connectivity index (χ0n) is 11.5. The second-order valence-corrected chi connectivity index (χ2v) is 4.63. The van der Waals surface area contributed by atoms with Crippen LogP contribution in [0.2, 0.25) is 0 Å². The lowest BCUT2D eigenvalue weighted by atomic mass is 10.1. The number of rotatable bonds is 4. The molecule has 0 fully saturated rings. The van der Waals surface area contributed by atoms with Crippen molar-refractivity contribution in [2.24, 2.45) is 0 Å². The van der Waals surface area contributed by atoms with E-state index in [4.69, 9.17) is 0 Å². The first-order chi connectivity index (χ1) is 10.7. The van der Waals surface area contributed by atoms with Crippen molar-refractivity contribution < 1.29 is 9.18 Å². The number of aromatic nitrogens is 4. The molecule has 22 heavy (non-hydrogen) atoms. The Labute approximate surface area is 125 Å². The summed E-state index contributed by atoms with van der Waals surface area (Å²) in [7, 11) is 0. The van der Waals surface area contributed by atoms with Crippen LogP contribution in [0.3, 0.4) is 0 Å². The van der Waals surface area contributed by atoms with Crippen LogP contribution < -0.4 is 5.32 Å². The van der Waals surface area contributed by atoms with Crippen molar-refractivity contribution in [1.82, 2.24) is 19.7 Å². The van der Waals surface area contributed by atoms with Gasteiger partial charge in [0, 0.05) is 0 Å². The third-order valence-corrected chi connectivity index (χ3v) is 2.99. The Hall–Kier alpha value is -3.09. The molecule has 0 aliphatic rings. The molecule has 0 spiro atoms. The van der Waals surface area contributed by atoms with E-state index in [1.54, 1.807) is 35.0 Å². The van der Waals surface area contributed by atoms with Gasteiger partial charge in [0.1, 0.15) is 24.3 Å². The zero-order chi connectivity index (χ0) is 15.4. The van der Waals surface area contributed by atoms with Gasteiger partial charge in [0.05, 0.1) is 18.3 Å². The summed E-state index contributed by atoms with van der Waals surface area (Å²) >= 11 is 0. The fourth-order valence-electron chi connectivity index (χ4n) is 1.92. The van der Waals surface area contributed by atoms with Crippen molar-refractivity contribution >= 4 is 11.6 Å². The Morgan fingerprint density at radius 3 is 2.45 bits per heavy atom. The average Bonchev–Trinajstić information content (AvgIpc) is 3.05. The van der Waals surface area contributed by atoms with Gasteiger partial charge >= 0.3 is 0 Å². The minimum atomic E-state index is -0.321. The van der Waals surface area contributed by atoms with E-state index in [2.05, 4.69) is 20.5 Å². The summed E-state index contributed by atoms with van der Waals surface area (Å²) in [6, 6.07) is 9.32. The summed E-state index contributed by atoms with van der Waals surface area (Å²) < 4.78 is 14.5. The summed E-state index contributed by atoms with van der Waals surface area (Å²) in [5, 5.41) is 10.1. The molecule has 0 atom stereocenters. The molecule has 0 radical (unpaired) electrons. The highest BCUT2D eigenvalue weighted by Gasteiger charge is 2.05. The van der Waals surface area contributed by atoms with Crippen molar-refractivity contribution in [2.75, 3.05) is 5.32 Å². The molecule has 3 aromatic rings. The topological polar surface area (TPSA) is 72.7 Å². The number of hydrogen-bond donors (Lipinski definition) is 1. The van der Waals surface area contributed by atoms with Crippen LogP contribution in [0.4, 0.5) is 10.1 Å². The normalized spacial score (nSPS) is 10.4. The molecule has 0 saturated heterocycles. The number of hydrogen-bond acceptors (Lipinski definition) is 4. The maximum atomic E-state index is 12.8. The number of nitrogens with one attached hydrogen (secondary N) is 1. The Kier molecular flexibility index (Phi) is 3.86. The molecule has 7 heteroatoms. The van der Waals surface area contributed by atoms with Gasteiger partial charge in [0.15, 0.2) is 0 Å². The monoisotopic (exact) mass is 297 g/mol. The van der Waals surface area contributed by atoms with Crippen molar-refractivity contribution in [3.05, 3.63) is 66.6 Å². The maximum absolute atomic E-state index is 12.8. The first-order valence-electron chi connectivity index (χ1n) is 6.56. The van der Waals surface area contributed by atoms with Crippen LogP contribution in [0.1, 0.15) is 5.56 Å². The third-order valence-electron chi connectivity index (χ3n) is 2.99. The van der Waals surface area contributed by atoms with E-state index in [0.29, 0.717) is 11.5 Å².